The van der Waals surface area contributed by atoms with E-state index in [1.54, 1.807) is 0 Å². The van der Waals surface area contributed by atoms with Gasteiger partial charge in [0.15, 0.2) is 0 Å². The Morgan fingerprint density at radius 1 is 0.438 bits per heavy atom. The van der Waals surface area contributed by atoms with Crippen LogP contribution in [0.15, 0.2) is 194 Å². The molecular formula is C59H56N2O10P2. The summed E-state index contributed by atoms with van der Waals surface area (Å²) in [6.45, 7) is -0.438. The Hall–Kier alpha value is -7.14. The van der Waals surface area contributed by atoms with Crippen molar-refractivity contribution in [3.8, 4) is 45.3 Å². The number of ether oxygens (including phenoxy) is 2. The zero-order valence-electron chi connectivity index (χ0n) is 40.0. The van der Waals surface area contributed by atoms with Crippen LogP contribution >= 0.6 is 14.7 Å². The van der Waals surface area contributed by atoms with Gasteiger partial charge in [0.2, 0.25) is 0 Å². The molecule has 0 radical (unpaired) electrons. The van der Waals surface area contributed by atoms with Crippen molar-refractivity contribution in [3.05, 3.63) is 216 Å². The Bertz CT molecular complexity index is 3080. The topological polar surface area (TPSA) is 158 Å². The van der Waals surface area contributed by atoms with Crippen LogP contribution in [0, 0.1) is 0 Å². The molecule has 0 saturated carbocycles. The van der Waals surface area contributed by atoms with E-state index in [9.17, 15) is 20.4 Å². The van der Waals surface area contributed by atoms with Gasteiger partial charge in [0.05, 0.1) is 23.8 Å². The number of para-hydroxylation sites is 4. The fraction of sp³-hybridized carbons (Fsp3) is 0.186. The number of anilines is 2. The molecule has 372 valence electrons. The van der Waals surface area contributed by atoms with Crippen molar-refractivity contribution in [2.45, 2.75) is 31.7 Å². The number of aliphatic hydroxyl groups is 4. The molecule has 4 unspecified atom stereocenters. The van der Waals surface area contributed by atoms with Gasteiger partial charge in [-0.3, -0.25) is 9.13 Å². The third-order valence-electron chi connectivity index (χ3n) is 13.1. The number of aliphatic hydroxyl groups excluding tert-OH is 4. The lowest BCUT2D eigenvalue weighted by atomic mass is 10.0. The van der Waals surface area contributed by atoms with Crippen molar-refractivity contribution in [2.24, 2.45) is 0 Å². The Morgan fingerprint density at radius 3 is 1.21 bits per heavy atom. The van der Waals surface area contributed by atoms with Crippen molar-refractivity contribution >= 4 is 36.7 Å². The summed E-state index contributed by atoms with van der Waals surface area (Å²) in [5, 5.41) is 40.5. The van der Waals surface area contributed by atoms with Crippen LogP contribution < -0.4 is 38.9 Å². The quantitative estimate of drug-likeness (QED) is 0.0537. The van der Waals surface area contributed by atoms with Gasteiger partial charge < -0.3 is 48.7 Å². The number of hydrogen-bond donors (Lipinski definition) is 4. The van der Waals surface area contributed by atoms with Gasteiger partial charge in [0.25, 0.3) is 14.7 Å². The molecule has 2 aliphatic rings. The van der Waals surface area contributed by atoms with E-state index in [-0.39, 0.29) is 25.8 Å². The molecule has 14 heteroatoms. The third-order valence-corrected chi connectivity index (χ3v) is 17.7. The highest BCUT2D eigenvalue weighted by atomic mass is 31.2. The minimum Gasteiger partial charge on any atom is -0.490 e. The average molecular weight is 1020 g/mol. The summed E-state index contributed by atoms with van der Waals surface area (Å²) < 4.78 is 55.6. The molecule has 2 aliphatic heterocycles. The van der Waals surface area contributed by atoms with E-state index in [1.165, 1.54) is 0 Å². The van der Waals surface area contributed by atoms with Gasteiger partial charge in [-0.15, -0.1) is 0 Å². The Labute approximate surface area is 425 Å². The van der Waals surface area contributed by atoms with Crippen molar-refractivity contribution < 1.29 is 48.1 Å². The van der Waals surface area contributed by atoms with Crippen LogP contribution in [0.25, 0.3) is 22.3 Å². The Kier molecular flexibility index (Phi) is 14.8. The van der Waals surface area contributed by atoms with Crippen LogP contribution in [0.2, 0.25) is 0 Å². The Balaban J connectivity index is 0.932. The molecule has 12 nitrogen and oxygen atoms in total. The van der Waals surface area contributed by atoms with Crippen LogP contribution in [0.3, 0.4) is 0 Å². The SMILES string of the molecule is O=P1(CN(Cc2ccccc2OCC(O)CO)c2ccc(Cc3ccc(N(Cc4ccccc4OCC(O)CO)CP4(=O)Oc5ccccc5-c5ccccc54)cc3)cc2)Oc2ccccc2-c2ccccc21. The van der Waals surface area contributed by atoms with Crippen LogP contribution in [0.5, 0.6) is 23.0 Å². The van der Waals surface area contributed by atoms with Crippen molar-refractivity contribution in [3.63, 3.8) is 0 Å². The molecule has 0 aromatic heterocycles. The smallest absolute Gasteiger partial charge is 0.296 e. The molecule has 0 spiro atoms. The summed E-state index contributed by atoms with van der Waals surface area (Å²) in [5.74, 6) is 2.21. The van der Waals surface area contributed by atoms with Gasteiger partial charge in [0.1, 0.15) is 61.0 Å². The molecule has 0 fully saturated rings. The molecule has 4 N–H and O–H groups in total. The second-order valence-corrected chi connectivity index (χ2v) is 22.8. The second kappa shape index (κ2) is 21.9. The average Bonchev–Trinajstić information content (AvgIpc) is 3.42. The van der Waals surface area contributed by atoms with Gasteiger partial charge in [0, 0.05) is 46.7 Å². The number of nitrogens with zero attached hydrogens (tertiary/aromatic N) is 2. The summed E-state index contributed by atoms with van der Waals surface area (Å²) in [4.78, 5) is 4.08. The first-order valence-electron chi connectivity index (χ1n) is 24.2. The molecular weight excluding hydrogens is 959 g/mol. The lowest BCUT2D eigenvalue weighted by Crippen LogP contribution is -2.31. The summed E-state index contributed by atoms with van der Waals surface area (Å²) in [5.41, 5.74) is 8.84. The van der Waals surface area contributed by atoms with Gasteiger partial charge in [-0.1, -0.05) is 133 Å². The number of rotatable bonds is 20. The zero-order chi connectivity index (χ0) is 50.4. The van der Waals surface area contributed by atoms with Crippen LogP contribution in [-0.4, -0.2) is 71.6 Å². The molecule has 73 heavy (non-hydrogen) atoms. The lowest BCUT2D eigenvalue weighted by Gasteiger charge is -2.34. The molecule has 4 atom stereocenters. The molecule has 8 aromatic carbocycles. The molecule has 8 aromatic rings. The predicted molar refractivity (Wildman–Crippen MR) is 287 cm³/mol. The highest BCUT2D eigenvalue weighted by molar-refractivity contribution is 7.68. The third kappa shape index (κ3) is 11.0. The fourth-order valence-corrected chi connectivity index (χ4v) is 14.1. The number of hydrogen-bond acceptors (Lipinski definition) is 12. The maximum absolute atomic E-state index is 15.3. The first kappa shape index (κ1) is 49.4. The summed E-state index contributed by atoms with van der Waals surface area (Å²) in [6.07, 6.45) is -1.37. The second-order valence-electron chi connectivity index (χ2n) is 18.3. The van der Waals surface area contributed by atoms with Crippen LogP contribution in [0.4, 0.5) is 11.4 Å². The molecule has 10 rings (SSSR count). The van der Waals surface area contributed by atoms with E-state index in [1.807, 2.05) is 180 Å². The summed E-state index contributed by atoms with van der Waals surface area (Å²) in [6, 6.07) is 62.1. The van der Waals surface area contributed by atoms with Crippen molar-refractivity contribution in [1.29, 1.82) is 0 Å². The highest BCUT2D eigenvalue weighted by Gasteiger charge is 2.39. The van der Waals surface area contributed by atoms with E-state index in [2.05, 4.69) is 24.3 Å². The lowest BCUT2D eigenvalue weighted by molar-refractivity contribution is 0.0533. The van der Waals surface area contributed by atoms with Crippen molar-refractivity contribution in [1.82, 2.24) is 0 Å². The van der Waals surface area contributed by atoms with Crippen LogP contribution in [-0.2, 0) is 28.6 Å². The molecule has 2 heterocycles. The molecule has 0 bridgehead atoms. The van der Waals surface area contributed by atoms with Crippen molar-refractivity contribution in [2.75, 3.05) is 48.8 Å². The maximum atomic E-state index is 15.3. The van der Waals surface area contributed by atoms with E-state index < -0.39 is 40.2 Å². The van der Waals surface area contributed by atoms with E-state index in [0.717, 1.165) is 55.9 Å². The Morgan fingerprint density at radius 2 is 0.795 bits per heavy atom. The van der Waals surface area contributed by atoms with Gasteiger partial charge in [-0.2, -0.15) is 0 Å². The maximum Gasteiger partial charge on any atom is 0.296 e. The minimum absolute atomic E-state index is 0.0561. The number of benzene rings is 8. The molecule has 0 aliphatic carbocycles. The fourth-order valence-electron chi connectivity index (χ4n) is 9.38. The predicted octanol–water partition coefficient (Wildman–Crippen LogP) is 10.00. The molecule has 0 amide bonds. The van der Waals surface area contributed by atoms with E-state index in [4.69, 9.17) is 18.5 Å². The first-order chi connectivity index (χ1) is 35.6. The van der Waals surface area contributed by atoms with Gasteiger partial charge in [-0.25, -0.2) is 0 Å². The van der Waals surface area contributed by atoms with Gasteiger partial charge >= 0.3 is 0 Å². The molecule has 0 saturated heterocycles. The first-order valence-corrected chi connectivity index (χ1v) is 27.8. The number of fused-ring (bicyclic) bond motifs is 6. The summed E-state index contributed by atoms with van der Waals surface area (Å²) in [7, 11) is -7.10. The largest absolute Gasteiger partial charge is 0.490 e. The summed E-state index contributed by atoms with van der Waals surface area (Å²) >= 11 is 0. The monoisotopic (exact) mass is 1010 g/mol. The zero-order valence-corrected chi connectivity index (χ0v) is 41.8. The van der Waals surface area contributed by atoms with Crippen LogP contribution in [0.1, 0.15) is 22.3 Å². The standard InChI is InChI=1S/C59H56N2O10P2/c62-36-48(64)38-68-54-19-7-1-13-44(54)34-60(40-72(66)58-23-11-5-17-52(58)50-15-3-9-21-56(50)70-72)46-29-25-42(26-30-46)33-43-27-31-47(32-28-43)61(35-45-14-2-8-20-55(45)69-39-49(65)37-63)41-73(67)59-24-12-6-18-53(59)51-16-4-10-22-57(51)71-73/h1-32,48-49,62-65H,33-41H2. The van der Waals surface area contributed by atoms with E-state index in [0.29, 0.717) is 53.1 Å². The van der Waals surface area contributed by atoms with E-state index >= 15 is 9.13 Å². The highest BCUT2D eigenvalue weighted by Crippen LogP contribution is 2.57. The minimum atomic E-state index is -3.55. The normalized spacial score (nSPS) is 17.0. The van der Waals surface area contributed by atoms with Gasteiger partial charge in [-0.05, 0) is 89.3 Å².